The summed E-state index contributed by atoms with van der Waals surface area (Å²) in [5.41, 5.74) is 5.24. The van der Waals surface area contributed by atoms with E-state index in [-0.39, 0.29) is 23.5 Å². The average molecular weight is 290 g/mol. The molecule has 2 rings (SSSR count). The molecule has 0 aromatic carbocycles. The maximum absolute atomic E-state index is 11.8. The second-order valence-electron chi connectivity index (χ2n) is 5.59. The number of ether oxygens (including phenoxy) is 1. The number of rotatable bonds is 2. The molecule has 110 valence electrons. The van der Waals surface area contributed by atoms with Crippen molar-refractivity contribution in [3.8, 4) is 0 Å². The summed E-state index contributed by atoms with van der Waals surface area (Å²) in [6, 6.07) is 0.188. The first-order chi connectivity index (χ1) is 8.86. The number of hydrogen-bond donors (Lipinski definition) is 1. The minimum atomic E-state index is -2.87. The number of carbonyl (C=O) groups excluding carboxylic acids is 1. The fourth-order valence-corrected chi connectivity index (χ4v) is 4.30. The highest BCUT2D eigenvalue weighted by Gasteiger charge is 2.42. The van der Waals surface area contributed by atoms with Crippen LogP contribution in [0.25, 0.3) is 0 Å². The minimum Gasteiger partial charge on any atom is -0.468 e. The Morgan fingerprint density at radius 1 is 1.37 bits per heavy atom. The van der Waals surface area contributed by atoms with Gasteiger partial charge in [-0.3, -0.25) is 9.69 Å². The molecule has 0 aromatic heterocycles. The molecular weight excluding hydrogens is 268 g/mol. The number of methoxy groups -OCH3 is 1. The first-order valence-electron chi connectivity index (χ1n) is 6.68. The van der Waals surface area contributed by atoms with Crippen molar-refractivity contribution in [2.75, 3.05) is 31.7 Å². The van der Waals surface area contributed by atoms with Crippen molar-refractivity contribution >= 4 is 15.8 Å². The Hall–Kier alpha value is -0.660. The van der Waals surface area contributed by atoms with Gasteiger partial charge in [-0.05, 0) is 25.7 Å². The predicted molar refractivity (Wildman–Crippen MR) is 71.4 cm³/mol. The monoisotopic (exact) mass is 290 g/mol. The van der Waals surface area contributed by atoms with Crippen LogP contribution in [0.5, 0.6) is 0 Å². The summed E-state index contributed by atoms with van der Waals surface area (Å²) in [6.45, 7) is 1.09. The highest BCUT2D eigenvalue weighted by atomic mass is 32.2. The molecule has 19 heavy (non-hydrogen) atoms. The fraction of sp³-hybridized carbons (Fsp3) is 0.917. The molecule has 1 aliphatic heterocycles. The van der Waals surface area contributed by atoms with Gasteiger partial charge >= 0.3 is 5.97 Å². The zero-order valence-electron chi connectivity index (χ0n) is 11.3. The lowest BCUT2D eigenvalue weighted by Crippen LogP contribution is -2.57. The molecule has 0 amide bonds. The van der Waals surface area contributed by atoms with Gasteiger partial charge in [-0.25, -0.2) is 8.42 Å². The Morgan fingerprint density at radius 2 is 2.00 bits per heavy atom. The number of carbonyl (C=O) groups is 1. The van der Waals surface area contributed by atoms with Crippen LogP contribution >= 0.6 is 0 Å². The van der Waals surface area contributed by atoms with Crippen LogP contribution in [0.4, 0.5) is 0 Å². The number of nitrogens with two attached hydrogens (primary N) is 1. The van der Waals surface area contributed by atoms with Crippen molar-refractivity contribution in [1.82, 2.24) is 4.90 Å². The summed E-state index contributed by atoms with van der Waals surface area (Å²) in [6.07, 6.45) is 3.04. The summed E-state index contributed by atoms with van der Waals surface area (Å²) in [4.78, 5) is 13.9. The van der Waals surface area contributed by atoms with E-state index < -0.39 is 15.4 Å². The molecule has 2 unspecified atom stereocenters. The van der Waals surface area contributed by atoms with E-state index in [9.17, 15) is 13.2 Å². The third-order valence-corrected chi connectivity index (χ3v) is 5.86. The Morgan fingerprint density at radius 3 is 2.58 bits per heavy atom. The van der Waals surface area contributed by atoms with Crippen molar-refractivity contribution in [2.24, 2.45) is 5.73 Å². The molecule has 0 bridgehead atoms. The highest BCUT2D eigenvalue weighted by Crippen LogP contribution is 2.31. The number of nitrogens with zero attached hydrogens (tertiary/aromatic N) is 1. The van der Waals surface area contributed by atoms with Gasteiger partial charge in [0.2, 0.25) is 0 Å². The van der Waals surface area contributed by atoms with Crippen molar-refractivity contribution in [3.05, 3.63) is 0 Å². The van der Waals surface area contributed by atoms with Crippen LogP contribution < -0.4 is 5.73 Å². The lowest BCUT2D eigenvalue weighted by molar-refractivity contribution is -0.149. The Labute approximate surface area is 114 Å². The first kappa shape index (κ1) is 14.7. The molecule has 1 saturated heterocycles. The molecule has 2 fully saturated rings. The number of esters is 1. The van der Waals surface area contributed by atoms with Crippen LogP contribution in [0.2, 0.25) is 0 Å². The average Bonchev–Trinajstić information content (AvgIpc) is 2.37. The quantitative estimate of drug-likeness (QED) is 0.692. The molecule has 1 aliphatic carbocycles. The molecule has 1 heterocycles. The van der Waals surface area contributed by atoms with Crippen LogP contribution in [0.1, 0.15) is 25.7 Å². The first-order valence-corrected chi connectivity index (χ1v) is 8.50. The van der Waals surface area contributed by atoms with Gasteiger partial charge in [-0.2, -0.15) is 0 Å². The normalized spacial score (nSPS) is 35.8. The molecule has 7 heteroatoms. The molecular formula is C12H22N2O4S. The van der Waals surface area contributed by atoms with E-state index in [1.165, 1.54) is 7.11 Å². The van der Waals surface area contributed by atoms with Gasteiger partial charge in [-0.1, -0.05) is 0 Å². The summed E-state index contributed by atoms with van der Waals surface area (Å²) in [5.74, 6) is 0.0559. The van der Waals surface area contributed by atoms with Crippen LogP contribution in [-0.4, -0.2) is 62.6 Å². The topological polar surface area (TPSA) is 89.7 Å². The standard InChI is InChI=1S/C12H22N2O4S/c1-18-11(15)12(13)4-2-3-10(9-12)14-5-7-19(16,17)8-6-14/h10H,2-9,13H2,1H3. The Kier molecular flexibility index (Phi) is 4.17. The van der Waals surface area contributed by atoms with E-state index in [1.807, 2.05) is 0 Å². The lowest BCUT2D eigenvalue weighted by atomic mass is 9.79. The Balaban J connectivity index is 2.00. The highest BCUT2D eigenvalue weighted by molar-refractivity contribution is 7.91. The lowest BCUT2D eigenvalue weighted by Gasteiger charge is -2.42. The third kappa shape index (κ3) is 3.27. The van der Waals surface area contributed by atoms with Gasteiger partial charge in [0.1, 0.15) is 5.54 Å². The maximum atomic E-state index is 11.8. The van der Waals surface area contributed by atoms with E-state index in [4.69, 9.17) is 10.5 Å². The third-order valence-electron chi connectivity index (χ3n) is 4.25. The van der Waals surface area contributed by atoms with E-state index in [0.29, 0.717) is 25.9 Å². The SMILES string of the molecule is COC(=O)C1(N)CCCC(N2CCS(=O)(=O)CC2)C1. The van der Waals surface area contributed by atoms with E-state index in [2.05, 4.69) is 4.90 Å². The van der Waals surface area contributed by atoms with Gasteiger partial charge in [0, 0.05) is 19.1 Å². The maximum Gasteiger partial charge on any atom is 0.325 e. The van der Waals surface area contributed by atoms with Crippen LogP contribution in [-0.2, 0) is 19.4 Å². The fourth-order valence-electron chi connectivity index (χ4n) is 3.07. The smallest absolute Gasteiger partial charge is 0.325 e. The second-order valence-corrected chi connectivity index (χ2v) is 7.89. The van der Waals surface area contributed by atoms with Crippen molar-refractivity contribution < 1.29 is 17.9 Å². The van der Waals surface area contributed by atoms with Crippen molar-refractivity contribution in [2.45, 2.75) is 37.3 Å². The molecule has 1 saturated carbocycles. The summed E-state index contributed by atoms with van der Waals surface area (Å²) in [5, 5.41) is 0. The van der Waals surface area contributed by atoms with E-state index >= 15 is 0 Å². The van der Waals surface area contributed by atoms with E-state index in [1.54, 1.807) is 0 Å². The summed E-state index contributed by atoms with van der Waals surface area (Å²) in [7, 11) is -1.51. The second kappa shape index (κ2) is 5.38. The predicted octanol–water partition coefficient (Wildman–Crippen LogP) is -0.470. The van der Waals surface area contributed by atoms with Gasteiger partial charge in [0.15, 0.2) is 9.84 Å². The zero-order chi connectivity index (χ0) is 14.1. The van der Waals surface area contributed by atoms with Crippen molar-refractivity contribution in [1.29, 1.82) is 0 Å². The summed E-state index contributed by atoms with van der Waals surface area (Å²) >= 11 is 0. The van der Waals surface area contributed by atoms with Gasteiger partial charge in [0.25, 0.3) is 0 Å². The van der Waals surface area contributed by atoms with Gasteiger partial charge in [0.05, 0.1) is 18.6 Å². The molecule has 2 N–H and O–H groups in total. The largest absolute Gasteiger partial charge is 0.468 e. The number of sulfone groups is 1. The van der Waals surface area contributed by atoms with Gasteiger partial charge in [-0.15, -0.1) is 0 Å². The minimum absolute atomic E-state index is 0.188. The van der Waals surface area contributed by atoms with Crippen molar-refractivity contribution in [3.63, 3.8) is 0 Å². The molecule has 6 nitrogen and oxygen atoms in total. The molecule has 0 aromatic rings. The van der Waals surface area contributed by atoms with Gasteiger partial charge < -0.3 is 10.5 Å². The molecule has 2 atom stereocenters. The number of hydrogen-bond acceptors (Lipinski definition) is 6. The van der Waals surface area contributed by atoms with Crippen LogP contribution in [0.3, 0.4) is 0 Å². The molecule has 0 radical (unpaired) electrons. The summed E-state index contributed by atoms with van der Waals surface area (Å²) < 4.78 is 27.7. The van der Waals surface area contributed by atoms with Crippen LogP contribution in [0.15, 0.2) is 0 Å². The zero-order valence-corrected chi connectivity index (χ0v) is 12.1. The Bertz CT molecular complexity index is 437. The molecule has 0 spiro atoms. The van der Waals surface area contributed by atoms with Crippen LogP contribution in [0, 0.1) is 0 Å². The van der Waals surface area contributed by atoms with E-state index in [0.717, 1.165) is 12.8 Å². The molecule has 2 aliphatic rings.